The molecule has 0 saturated heterocycles. The second kappa shape index (κ2) is 5.72. The van der Waals surface area contributed by atoms with E-state index in [1.54, 1.807) is 18.5 Å². The third kappa shape index (κ3) is 3.01. The van der Waals surface area contributed by atoms with Crippen molar-refractivity contribution in [3.63, 3.8) is 0 Å². The lowest BCUT2D eigenvalue weighted by molar-refractivity contribution is 0.632. The fourth-order valence-electron chi connectivity index (χ4n) is 1.40. The van der Waals surface area contributed by atoms with E-state index in [0.29, 0.717) is 0 Å². The van der Waals surface area contributed by atoms with Crippen molar-refractivity contribution < 1.29 is 4.39 Å². The number of aromatic nitrogens is 2. The van der Waals surface area contributed by atoms with Crippen LogP contribution in [0.2, 0.25) is 0 Å². The highest BCUT2D eigenvalue weighted by molar-refractivity contribution is 5.76. The number of hydrogen-bond acceptors (Lipinski definition) is 3. The van der Waals surface area contributed by atoms with Crippen LogP contribution in [-0.2, 0) is 0 Å². The molecule has 18 heavy (non-hydrogen) atoms. The number of para-hydroxylation sites is 2. The van der Waals surface area contributed by atoms with Crippen LogP contribution in [-0.4, -0.2) is 9.97 Å². The second-order valence-corrected chi connectivity index (χ2v) is 3.60. The Morgan fingerprint density at radius 1 is 0.944 bits per heavy atom. The highest BCUT2D eigenvalue weighted by Crippen LogP contribution is 2.06. The maximum atomic E-state index is 12.2. The van der Waals surface area contributed by atoms with Gasteiger partial charge in [0.05, 0.1) is 11.2 Å². The molecular formula is C14H12FN3. The highest BCUT2D eigenvalue weighted by atomic mass is 19.1. The van der Waals surface area contributed by atoms with E-state index >= 15 is 0 Å². The van der Waals surface area contributed by atoms with Gasteiger partial charge in [0.1, 0.15) is 12.1 Å². The predicted molar refractivity (Wildman–Crippen MR) is 70.4 cm³/mol. The molecule has 0 aliphatic carbocycles. The summed E-state index contributed by atoms with van der Waals surface area (Å²) in [5.74, 6) is -0.354. The molecule has 0 radical (unpaired) electrons. The normalized spacial score (nSPS) is 9.61. The number of nitrogens with two attached hydrogens (primary N) is 1. The number of rotatable bonds is 0. The van der Waals surface area contributed by atoms with Gasteiger partial charge in [0.15, 0.2) is 0 Å². The molecule has 2 N–H and O–H groups in total. The molecule has 1 aromatic heterocycles. The number of benzene rings is 2. The number of halogens is 1. The van der Waals surface area contributed by atoms with E-state index in [0.717, 1.165) is 10.9 Å². The van der Waals surface area contributed by atoms with E-state index in [2.05, 4.69) is 9.97 Å². The summed E-state index contributed by atoms with van der Waals surface area (Å²) < 4.78 is 12.2. The smallest absolute Gasteiger partial charge is 0.146 e. The lowest BCUT2D eigenvalue weighted by Gasteiger charge is -1.90. The molecule has 3 nitrogen and oxygen atoms in total. The molecule has 3 aromatic rings. The Hall–Kier alpha value is -2.49. The molecule has 0 fully saturated rings. The maximum Gasteiger partial charge on any atom is 0.146 e. The molecule has 0 saturated carbocycles. The van der Waals surface area contributed by atoms with Crippen LogP contribution in [0.5, 0.6) is 0 Å². The van der Waals surface area contributed by atoms with Crippen LogP contribution in [0.3, 0.4) is 0 Å². The van der Waals surface area contributed by atoms with Crippen LogP contribution in [0, 0.1) is 5.82 Å². The number of fused-ring (bicyclic) bond motifs is 1. The largest absolute Gasteiger partial charge is 0.396 e. The molecule has 0 amide bonds. The lowest BCUT2D eigenvalue weighted by Crippen LogP contribution is -1.86. The maximum absolute atomic E-state index is 12.2. The van der Waals surface area contributed by atoms with Crippen molar-refractivity contribution in [1.29, 1.82) is 0 Å². The van der Waals surface area contributed by atoms with Crippen molar-refractivity contribution >= 4 is 16.6 Å². The van der Waals surface area contributed by atoms with E-state index in [4.69, 9.17) is 5.73 Å². The van der Waals surface area contributed by atoms with Gasteiger partial charge < -0.3 is 5.73 Å². The van der Waals surface area contributed by atoms with Gasteiger partial charge in [0.25, 0.3) is 0 Å². The molecule has 3 rings (SSSR count). The van der Waals surface area contributed by atoms with Crippen LogP contribution < -0.4 is 5.73 Å². The summed E-state index contributed by atoms with van der Waals surface area (Å²) >= 11 is 0. The monoisotopic (exact) mass is 241 g/mol. The molecule has 0 aliphatic heterocycles. The summed E-state index contributed by atoms with van der Waals surface area (Å²) in [5, 5.41) is 1.09. The van der Waals surface area contributed by atoms with E-state index < -0.39 is 0 Å². The van der Waals surface area contributed by atoms with Crippen molar-refractivity contribution in [3.05, 3.63) is 66.9 Å². The molecule has 0 atom stereocenters. The minimum absolute atomic E-state index is 0.201. The van der Waals surface area contributed by atoms with Gasteiger partial charge in [-0.05, 0) is 18.2 Å². The average molecular weight is 241 g/mol. The van der Waals surface area contributed by atoms with Gasteiger partial charge in [-0.2, -0.15) is 0 Å². The van der Waals surface area contributed by atoms with Crippen molar-refractivity contribution in [2.75, 3.05) is 5.73 Å². The van der Waals surface area contributed by atoms with Gasteiger partial charge in [0.2, 0.25) is 0 Å². The Bertz CT molecular complexity index is 554. The zero-order valence-electron chi connectivity index (χ0n) is 9.62. The molecule has 0 aliphatic rings. The van der Waals surface area contributed by atoms with Gasteiger partial charge in [-0.25, -0.2) is 14.4 Å². The third-order valence-electron chi connectivity index (χ3n) is 2.32. The van der Waals surface area contributed by atoms with Gasteiger partial charge in [-0.15, -0.1) is 0 Å². The molecule has 2 aromatic carbocycles. The summed E-state index contributed by atoms with van der Waals surface area (Å²) in [6.07, 6.45) is 3.37. The first-order chi connectivity index (χ1) is 8.77. The Labute approximate surface area is 104 Å². The first-order valence-corrected chi connectivity index (χ1v) is 5.42. The Morgan fingerprint density at radius 2 is 1.67 bits per heavy atom. The fraction of sp³-hybridized carbons (Fsp3) is 0. The van der Waals surface area contributed by atoms with E-state index in [9.17, 15) is 4.39 Å². The zero-order chi connectivity index (χ0) is 12.8. The van der Waals surface area contributed by atoms with Gasteiger partial charge in [0, 0.05) is 11.6 Å². The summed E-state index contributed by atoms with van der Waals surface area (Å²) in [6, 6.07) is 14.1. The van der Waals surface area contributed by atoms with Crippen LogP contribution in [0.25, 0.3) is 10.9 Å². The van der Waals surface area contributed by atoms with Crippen molar-refractivity contribution in [3.8, 4) is 0 Å². The van der Waals surface area contributed by atoms with Crippen LogP contribution in [0.1, 0.15) is 0 Å². The first kappa shape index (κ1) is 12.0. The number of nitrogens with zero attached hydrogens (tertiary/aromatic N) is 2. The molecule has 0 spiro atoms. The SMILES string of the molecule is Nc1ccccc1F.c1ccc2ncncc2c1. The van der Waals surface area contributed by atoms with Crippen LogP contribution in [0.15, 0.2) is 61.1 Å². The number of anilines is 1. The van der Waals surface area contributed by atoms with Crippen molar-refractivity contribution in [2.24, 2.45) is 0 Å². The molecule has 1 heterocycles. The molecule has 0 bridgehead atoms. The van der Waals surface area contributed by atoms with Gasteiger partial charge in [-0.3, -0.25) is 0 Å². The van der Waals surface area contributed by atoms with Crippen molar-refractivity contribution in [1.82, 2.24) is 9.97 Å². The van der Waals surface area contributed by atoms with Gasteiger partial charge >= 0.3 is 0 Å². The van der Waals surface area contributed by atoms with Gasteiger partial charge in [-0.1, -0.05) is 30.3 Å². The Morgan fingerprint density at radius 3 is 2.33 bits per heavy atom. The van der Waals surface area contributed by atoms with Crippen LogP contribution >= 0.6 is 0 Å². The Kier molecular flexibility index (Phi) is 3.81. The number of hydrogen-bond donors (Lipinski definition) is 1. The zero-order valence-corrected chi connectivity index (χ0v) is 9.62. The third-order valence-corrected chi connectivity index (χ3v) is 2.32. The molecular weight excluding hydrogens is 229 g/mol. The summed E-state index contributed by atoms with van der Waals surface area (Å²) in [4.78, 5) is 7.97. The highest BCUT2D eigenvalue weighted by Gasteiger charge is 1.89. The first-order valence-electron chi connectivity index (χ1n) is 5.42. The predicted octanol–water partition coefficient (Wildman–Crippen LogP) is 3.04. The Balaban J connectivity index is 0.000000138. The van der Waals surface area contributed by atoms with E-state index in [-0.39, 0.29) is 11.5 Å². The minimum atomic E-state index is -0.354. The topological polar surface area (TPSA) is 51.8 Å². The molecule has 4 heteroatoms. The summed E-state index contributed by atoms with van der Waals surface area (Å²) in [7, 11) is 0. The quantitative estimate of drug-likeness (QED) is 0.615. The minimum Gasteiger partial charge on any atom is -0.396 e. The molecule has 90 valence electrons. The summed E-state index contributed by atoms with van der Waals surface area (Å²) in [5.41, 5.74) is 6.34. The van der Waals surface area contributed by atoms with Crippen LogP contribution in [0.4, 0.5) is 10.1 Å². The average Bonchev–Trinajstić information content (AvgIpc) is 2.43. The second-order valence-electron chi connectivity index (χ2n) is 3.60. The standard InChI is InChI=1S/C8H6N2.C6H6FN/c1-2-4-8-7(3-1)5-9-6-10-8;7-5-3-1-2-4-6(5)8/h1-6H;1-4H,8H2. The van der Waals surface area contributed by atoms with E-state index in [1.165, 1.54) is 12.1 Å². The number of nitrogen functional groups attached to an aromatic ring is 1. The van der Waals surface area contributed by atoms with E-state index in [1.807, 2.05) is 30.5 Å². The fourth-order valence-corrected chi connectivity index (χ4v) is 1.40. The molecule has 0 unspecified atom stereocenters. The summed E-state index contributed by atoms with van der Waals surface area (Å²) in [6.45, 7) is 0. The lowest BCUT2D eigenvalue weighted by atomic mass is 10.2. The van der Waals surface area contributed by atoms with Crippen molar-refractivity contribution in [2.45, 2.75) is 0 Å².